The van der Waals surface area contributed by atoms with Crippen LogP contribution in [0, 0.1) is 12.3 Å². The second kappa shape index (κ2) is 4.16. The molecular formula is C12H13N3. The van der Waals surface area contributed by atoms with Crippen molar-refractivity contribution in [3.63, 3.8) is 0 Å². The third-order valence-electron chi connectivity index (χ3n) is 2.39. The topological polar surface area (TPSA) is 40.7 Å². The highest BCUT2D eigenvalue weighted by molar-refractivity contribution is 5.79. The maximum Gasteiger partial charge on any atom is 0.137 e. The largest absolute Gasteiger partial charge is 0.346 e. The fraction of sp³-hybridized carbons (Fsp3) is 0.250. The number of hydrogen-bond donors (Lipinski definition) is 2. The van der Waals surface area contributed by atoms with Crippen molar-refractivity contribution in [2.45, 2.75) is 19.5 Å². The molecule has 0 spiro atoms. The molecule has 0 amide bonds. The summed E-state index contributed by atoms with van der Waals surface area (Å²) in [4.78, 5) is 7.35. The van der Waals surface area contributed by atoms with Gasteiger partial charge in [0.05, 0.1) is 6.04 Å². The lowest BCUT2D eigenvalue weighted by Crippen LogP contribution is -2.23. The van der Waals surface area contributed by atoms with Gasteiger partial charge >= 0.3 is 0 Å². The van der Waals surface area contributed by atoms with Crippen LogP contribution < -0.4 is 5.32 Å². The highest BCUT2D eigenvalue weighted by Crippen LogP contribution is 2.15. The molecule has 0 aliphatic rings. The summed E-state index contributed by atoms with van der Waals surface area (Å²) in [6.45, 7) is 2.73. The van der Waals surface area contributed by atoms with E-state index in [0.29, 0.717) is 0 Å². The summed E-state index contributed by atoms with van der Waals surface area (Å²) in [5.41, 5.74) is 2.11. The summed E-state index contributed by atoms with van der Waals surface area (Å²) in [7, 11) is 0. The number of nitrogens with one attached hydrogen (secondary N) is 2. The second-order valence-electron chi connectivity index (χ2n) is 3.48. The van der Waals surface area contributed by atoms with Crippen molar-refractivity contribution < 1.29 is 0 Å². The minimum atomic E-state index is 0.0895. The highest BCUT2D eigenvalue weighted by atomic mass is 14.9. The number of rotatable bonds is 3. The summed E-state index contributed by atoms with van der Waals surface area (Å²) in [5.74, 6) is 2.64. The monoisotopic (exact) mass is 199 g/mol. The van der Waals surface area contributed by atoms with E-state index < -0.39 is 0 Å². The molecule has 0 saturated carbocycles. The summed E-state index contributed by atoms with van der Waals surface area (Å²) in [6.07, 6.45) is 9.04. The van der Waals surface area contributed by atoms with Gasteiger partial charge in [-0.25, -0.2) is 4.98 Å². The van der Waals surface area contributed by atoms with E-state index in [1.165, 1.54) is 5.56 Å². The van der Waals surface area contributed by atoms with E-state index in [0.717, 1.165) is 17.6 Å². The molecule has 0 fully saturated rings. The Morgan fingerprint density at radius 1 is 1.67 bits per heavy atom. The maximum absolute atomic E-state index is 5.29. The van der Waals surface area contributed by atoms with Crippen LogP contribution in [0.2, 0.25) is 0 Å². The third-order valence-corrected chi connectivity index (χ3v) is 2.39. The smallest absolute Gasteiger partial charge is 0.137 e. The van der Waals surface area contributed by atoms with Gasteiger partial charge in [-0.3, -0.25) is 5.32 Å². The van der Waals surface area contributed by atoms with E-state index in [1.54, 1.807) is 6.20 Å². The molecule has 2 aromatic rings. The molecule has 2 heterocycles. The first-order chi connectivity index (χ1) is 7.31. The van der Waals surface area contributed by atoms with Crippen LogP contribution in [0.1, 0.15) is 12.5 Å². The molecule has 0 aliphatic heterocycles. The zero-order chi connectivity index (χ0) is 10.7. The molecule has 76 valence electrons. The van der Waals surface area contributed by atoms with Crippen LogP contribution in [0.3, 0.4) is 0 Å². The lowest BCUT2D eigenvalue weighted by atomic mass is 10.2. The van der Waals surface area contributed by atoms with Crippen molar-refractivity contribution in [1.82, 2.24) is 15.3 Å². The fourth-order valence-electron chi connectivity index (χ4n) is 1.48. The van der Waals surface area contributed by atoms with E-state index in [4.69, 9.17) is 6.42 Å². The van der Waals surface area contributed by atoms with Gasteiger partial charge < -0.3 is 4.98 Å². The van der Waals surface area contributed by atoms with Crippen molar-refractivity contribution in [2.75, 3.05) is 0 Å². The molecule has 1 unspecified atom stereocenters. The summed E-state index contributed by atoms with van der Waals surface area (Å²) >= 11 is 0. The Hall–Kier alpha value is -1.79. The molecule has 0 aliphatic carbocycles. The molecule has 2 rings (SSSR count). The molecule has 2 N–H and O–H groups in total. The lowest BCUT2D eigenvalue weighted by Gasteiger charge is -2.05. The van der Waals surface area contributed by atoms with E-state index >= 15 is 0 Å². The molecular weight excluding hydrogens is 186 g/mol. The number of terminal acetylenes is 1. The van der Waals surface area contributed by atoms with E-state index in [9.17, 15) is 0 Å². The average Bonchev–Trinajstić information content (AvgIpc) is 2.69. The van der Waals surface area contributed by atoms with Gasteiger partial charge in [-0.15, -0.1) is 6.42 Å². The van der Waals surface area contributed by atoms with Crippen molar-refractivity contribution in [2.24, 2.45) is 0 Å². The van der Waals surface area contributed by atoms with Crippen molar-refractivity contribution in [3.8, 4) is 12.3 Å². The summed E-state index contributed by atoms with van der Waals surface area (Å²) in [5, 5.41) is 4.39. The first-order valence-electron chi connectivity index (χ1n) is 4.91. The Bertz CT molecular complexity index is 493. The van der Waals surface area contributed by atoms with Crippen molar-refractivity contribution in [3.05, 3.63) is 30.1 Å². The number of aromatic nitrogens is 2. The van der Waals surface area contributed by atoms with Crippen LogP contribution in [0.15, 0.2) is 24.5 Å². The Morgan fingerprint density at radius 3 is 3.33 bits per heavy atom. The number of nitrogens with zero attached hydrogens (tertiary/aromatic N) is 1. The molecule has 3 nitrogen and oxygen atoms in total. The predicted molar refractivity (Wildman–Crippen MR) is 61.2 cm³/mol. The molecule has 0 aromatic carbocycles. The van der Waals surface area contributed by atoms with E-state index in [-0.39, 0.29) is 6.04 Å². The van der Waals surface area contributed by atoms with Gasteiger partial charge in [-0.2, -0.15) is 0 Å². The number of hydrogen-bond acceptors (Lipinski definition) is 2. The van der Waals surface area contributed by atoms with Gasteiger partial charge in [0.1, 0.15) is 5.65 Å². The third kappa shape index (κ3) is 2.00. The summed E-state index contributed by atoms with van der Waals surface area (Å²) in [6, 6.07) is 4.08. The first kappa shape index (κ1) is 9.75. The van der Waals surface area contributed by atoms with Crippen molar-refractivity contribution >= 4 is 11.0 Å². The Balaban J connectivity index is 2.19. The van der Waals surface area contributed by atoms with E-state index in [1.807, 2.05) is 19.2 Å². The molecule has 0 saturated heterocycles. The molecule has 15 heavy (non-hydrogen) atoms. The number of aromatic amines is 1. The Morgan fingerprint density at radius 2 is 2.53 bits per heavy atom. The predicted octanol–water partition coefficient (Wildman–Crippen LogP) is 1.67. The quantitative estimate of drug-likeness (QED) is 0.738. The number of H-pyrrole nitrogens is 1. The molecule has 0 bridgehead atoms. The van der Waals surface area contributed by atoms with Crippen molar-refractivity contribution in [1.29, 1.82) is 0 Å². The minimum Gasteiger partial charge on any atom is -0.346 e. The van der Waals surface area contributed by atoms with Crippen LogP contribution >= 0.6 is 0 Å². The van der Waals surface area contributed by atoms with Gasteiger partial charge in [-0.1, -0.05) is 5.92 Å². The average molecular weight is 199 g/mol. The zero-order valence-corrected chi connectivity index (χ0v) is 8.62. The Kier molecular flexibility index (Phi) is 2.70. The van der Waals surface area contributed by atoms with Gasteiger partial charge in [0.2, 0.25) is 0 Å². The molecule has 1 atom stereocenters. The first-order valence-corrected chi connectivity index (χ1v) is 4.91. The van der Waals surface area contributed by atoms with Crippen LogP contribution in [0.5, 0.6) is 0 Å². The second-order valence-corrected chi connectivity index (χ2v) is 3.48. The number of fused-ring (bicyclic) bond motifs is 1. The molecule has 0 radical (unpaired) electrons. The Labute approximate surface area is 88.9 Å². The van der Waals surface area contributed by atoms with Gasteiger partial charge in [0.15, 0.2) is 0 Å². The highest BCUT2D eigenvalue weighted by Gasteiger charge is 2.04. The van der Waals surface area contributed by atoms with Gasteiger partial charge in [0, 0.05) is 24.3 Å². The maximum atomic E-state index is 5.29. The van der Waals surface area contributed by atoms with Gasteiger partial charge in [0.25, 0.3) is 0 Å². The van der Waals surface area contributed by atoms with Crippen LogP contribution in [0.25, 0.3) is 11.0 Å². The van der Waals surface area contributed by atoms with Gasteiger partial charge in [-0.05, 0) is 24.6 Å². The molecule has 2 aromatic heterocycles. The SMILES string of the molecule is C#CC(C)NCc1c[nH]c2ncccc12. The van der Waals surface area contributed by atoms with Crippen LogP contribution in [-0.4, -0.2) is 16.0 Å². The van der Waals surface area contributed by atoms with E-state index in [2.05, 4.69) is 27.3 Å². The number of pyridine rings is 1. The standard InChI is InChI=1S/C12H13N3/c1-3-9(2)14-7-10-8-15-12-11(10)5-4-6-13-12/h1,4-6,8-9,14H,7H2,2H3,(H,13,15). The lowest BCUT2D eigenvalue weighted by molar-refractivity contribution is 0.650. The minimum absolute atomic E-state index is 0.0895. The van der Waals surface area contributed by atoms with Crippen LogP contribution in [0.4, 0.5) is 0 Å². The fourth-order valence-corrected chi connectivity index (χ4v) is 1.48. The normalized spacial score (nSPS) is 12.5. The van der Waals surface area contributed by atoms with Crippen LogP contribution in [-0.2, 0) is 6.54 Å². The molecule has 3 heteroatoms. The zero-order valence-electron chi connectivity index (χ0n) is 8.62. The summed E-state index contributed by atoms with van der Waals surface area (Å²) < 4.78 is 0.